The maximum absolute atomic E-state index is 9.05. The molecule has 0 saturated heterocycles. The number of nitrogens with two attached hydrogens (primary N) is 1. The predicted octanol–water partition coefficient (Wildman–Crippen LogP) is 2.25. The summed E-state index contributed by atoms with van der Waals surface area (Å²) >= 11 is 1.96. The molecule has 3 heteroatoms. The Morgan fingerprint density at radius 1 is 1.29 bits per heavy atom. The summed E-state index contributed by atoms with van der Waals surface area (Å²) in [6.07, 6.45) is 0.866. The third-order valence-corrected chi connectivity index (χ3v) is 4.11. The van der Waals surface area contributed by atoms with Crippen molar-refractivity contribution >= 4 is 11.8 Å². The molecule has 14 heavy (non-hydrogen) atoms. The molecule has 0 rings (SSSR count). The van der Waals surface area contributed by atoms with Gasteiger partial charge in [0.25, 0.3) is 0 Å². The Morgan fingerprint density at radius 2 is 1.79 bits per heavy atom. The molecule has 3 unspecified atom stereocenters. The van der Waals surface area contributed by atoms with Crippen molar-refractivity contribution in [3.8, 4) is 0 Å². The van der Waals surface area contributed by atoms with Gasteiger partial charge in [0.05, 0.1) is 6.61 Å². The zero-order valence-corrected chi connectivity index (χ0v) is 10.9. The quantitative estimate of drug-likeness (QED) is 0.720. The van der Waals surface area contributed by atoms with Crippen LogP contribution in [0.4, 0.5) is 0 Å². The minimum Gasteiger partial charge on any atom is -0.394 e. The van der Waals surface area contributed by atoms with E-state index in [1.165, 1.54) is 0 Å². The van der Waals surface area contributed by atoms with Crippen LogP contribution in [0.3, 0.4) is 0 Å². The second kappa shape index (κ2) is 5.99. The van der Waals surface area contributed by atoms with Crippen LogP contribution < -0.4 is 5.73 Å². The number of rotatable bonds is 6. The van der Waals surface area contributed by atoms with Crippen LogP contribution in [0.5, 0.6) is 0 Å². The zero-order valence-electron chi connectivity index (χ0n) is 10.1. The van der Waals surface area contributed by atoms with E-state index in [0.717, 1.165) is 6.42 Å². The smallest absolute Gasteiger partial charge is 0.0608 e. The van der Waals surface area contributed by atoms with Gasteiger partial charge in [-0.05, 0) is 19.3 Å². The Balaban J connectivity index is 3.92. The zero-order chi connectivity index (χ0) is 11.4. The summed E-state index contributed by atoms with van der Waals surface area (Å²) < 4.78 is 0. The minimum atomic E-state index is -0.427. The average Bonchev–Trinajstić information content (AvgIpc) is 2.02. The van der Waals surface area contributed by atoms with Crippen molar-refractivity contribution in [1.29, 1.82) is 0 Å². The van der Waals surface area contributed by atoms with E-state index < -0.39 is 5.54 Å². The summed E-state index contributed by atoms with van der Waals surface area (Å²) in [6, 6.07) is 0. The SMILES string of the molecule is CC(CC(C)(N)CO)SC(C)C(C)C. The summed E-state index contributed by atoms with van der Waals surface area (Å²) in [7, 11) is 0. The number of aliphatic hydroxyl groups is 1. The predicted molar refractivity (Wildman–Crippen MR) is 65.6 cm³/mol. The van der Waals surface area contributed by atoms with Crippen LogP contribution in [0, 0.1) is 5.92 Å². The molecule has 0 aromatic carbocycles. The van der Waals surface area contributed by atoms with Gasteiger partial charge in [0.15, 0.2) is 0 Å². The van der Waals surface area contributed by atoms with Crippen LogP contribution in [-0.2, 0) is 0 Å². The largest absolute Gasteiger partial charge is 0.394 e. The lowest BCUT2D eigenvalue weighted by atomic mass is 9.99. The first-order chi connectivity index (χ1) is 6.28. The van der Waals surface area contributed by atoms with E-state index in [2.05, 4.69) is 27.7 Å². The first-order valence-electron chi connectivity index (χ1n) is 5.33. The molecule has 0 radical (unpaired) electrons. The molecule has 0 heterocycles. The highest BCUT2D eigenvalue weighted by atomic mass is 32.2. The van der Waals surface area contributed by atoms with E-state index in [0.29, 0.717) is 16.4 Å². The molecule has 0 aliphatic heterocycles. The fraction of sp³-hybridized carbons (Fsp3) is 1.00. The van der Waals surface area contributed by atoms with E-state index in [1.807, 2.05) is 18.7 Å². The Kier molecular flexibility index (Phi) is 6.10. The Hall–Kier alpha value is 0.270. The number of hydrogen-bond donors (Lipinski definition) is 2. The van der Waals surface area contributed by atoms with Gasteiger partial charge in [0.1, 0.15) is 0 Å². The maximum Gasteiger partial charge on any atom is 0.0608 e. The average molecular weight is 219 g/mol. The second-order valence-electron chi connectivity index (χ2n) is 4.91. The fourth-order valence-corrected chi connectivity index (χ4v) is 2.82. The van der Waals surface area contributed by atoms with Gasteiger partial charge < -0.3 is 10.8 Å². The van der Waals surface area contributed by atoms with Gasteiger partial charge in [0, 0.05) is 16.0 Å². The first kappa shape index (κ1) is 14.3. The van der Waals surface area contributed by atoms with Gasteiger partial charge in [-0.2, -0.15) is 11.8 Å². The summed E-state index contributed by atoms with van der Waals surface area (Å²) in [5.41, 5.74) is 5.48. The molecule has 3 N–H and O–H groups in total. The lowest BCUT2D eigenvalue weighted by Crippen LogP contribution is -2.42. The van der Waals surface area contributed by atoms with Crippen LogP contribution in [-0.4, -0.2) is 27.8 Å². The molecule has 0 aliphatic carbocycles. The normalized spacial score (nSPS) is 20.6. The number of thioether (sulfide) groups is 1. The van der Waals surface area contributed by atoms with Crippen molar-refractivity contribution in [2.24, 2.45) is 11.7 Å². The standard InChI is InChI=1S/C11H25NOS/c1-8(2)10(4)14-9(3)6-11(5,12)7-13/h8-10,13H,6-7,12H2,1-5H3. The van der Waals surface area contributed by atoms with Crippen molar-refractivity contribution < 1.29 is 5.11 Å². The molecule has 2 nitrogen and oxygen atoms in total. The Bertz CT molecular complexity index is 159. The molecular formula is C11H25NOS. The fourth-order valence-electron chi connectivity index (χ4n) is 1.29. The van der Waals surface area contributed by atoms with Crippen molar-refractivity contribution in [2.45, 2.75) is 57.1 Å². The summed E-state index contributed by atoms with van der Waals surface area (Å²) in [5, 5.41) is 10.2. The molecule has 0 aromatic rings. The summed E-state index contributed by atoms with van der Waals surface area (Å²) in [4.78, 5) is 0. The summed E-state index contributed by atoms with van der Waals surface area (Å²) in [6.45, 7) is 10.9. The molecule has 0 aromatic heterocycles. The third kappa shape index (κ3) is 5.89. The van der Waals surface area contributed by atoms with Crippen LogP contribution in [0.1, 0.15) is 41.0 Å². The number of aliphatic hydroxyl groups excluding tert-OH is 1. The van der Waals surface area contributed by atoms with Gasteiger partial charge >= 0.3 is 0 Å². The summed E-state index contributed by atoms with van der Waals surface area (Å²) in [5.74, 6) is 0.695. The van der Waals surface area contributed by atoms with Gasteiger partial charge in [-0.3, -0.25) is 0 Å². The van der Waals surface area contributed by atoms with E-state index in [4.69, 9.17) is 10.8 Å². The molecular weight excluding hydrogens is 194 g/mol. The Morgan fingerprint density at radius 3 is 2.14 bits per heavy atom. The van der Waals surface area contributed by atoms with Gasteiger partial charge in [-0.25, -0.2) is 0 Å². The molecule has 0 amide bonds. The molecule has 0 aliphatic rings. The maximum atomic E-state index is 9.05. The van der Waals surface area contributed by atoms with Crippen molar-refractivity contribution in [1.82, 2.24) is 0 Å². The monoisotopic (exact) mass is 219 g/mol. The van der Waals surface area contributed by atoms with Crippen molar-refractivity contribution in [2.75, 3.05) is 6.61 Å². The van der Waals surface area contributed by atoms with Gasteiger partial charge in [-0.15, -0.1) is 0 Å². The molecule has 0 spiro atoms. The van der Waals surface area contributed by atoms with E-state index in [9.17, 15) is 0 Å². The lowest BCUT2D eigenvalue weighted by molar-refractivity contribution is 0.201. The van der Waals surface area contributed by atoms with Crippen LogP contribution in [0.2, 0.25) is 0 Å². The van der Waals surface area contributed by atoms with Gasteiger partial charge in [0.2, 0.25) is 0 Å². The van der Waals surface area contributed by atoms with E-state index in [1.54, 1.807) is 0 Å². The van der Waals surface area contributed by atoms with Crippen molar-refractivity contribution in [3.63, 3.8) is 0 Å². The van der Waals surface area contributed by atoms with E-state index in [-0.39, 0.29) is 6.61 Å². The second-order valence-corrected chi connectivity index (χ2v) is 6.73. The van der Waals surface area contributed by atoms with Gasteiger partial charge in [-0.1, -0.05) is 27.7 Å². The minimum absolute atomic E-state index is 0.0635. The highest BCUT2D eigenvalue weighted by Gasteiger charge is 2.22. The Labute approximate surface area is 92.6 Å². The lowest BCUT2D eigenvalue weighted by Gasteiger charge is -2.27. The molecule has 3 atom stereocenters. The number of hydrogen-bond acceptors (Lipinski definition) is 3. The van der Waals surface area contributed by atoms with Crippen LogP contribution in [0.25, 0.3) is 0 Å². The highest BCUT2D eigenvalue weighted by Crippen LogP contribution is 2.27. The third-order valence-electron chi connectivity index (χ3n) is 2.50. The molecule has 0 saturated carbocycles. The topological polar surface area (TPSA) is 46.2 Å². The van der Waals surface area contributed by atoms with E-state index >= 15 is 0 Å². The molecule has 0 fully saturated rings. The molecule has 0 bridgehead atoms. The molecule has 86 valence electrons. The van der Waals surface area contributed by atoms with Crippen molar-refractivity contribution in [3.05, 3.63) is 0 Å². The highest BCUT2D eigenvalue weighted by molar-refractivity contribution is 8.00. The van der Waals surface area contributed by atoms with Crippen LogP contribution >= 0.6 is 11.8 Å². The van der Waals surface area contributed by atoms with Crippen LogP contribution in [0.15, 0.2) is 0 Å². The first-order valence-corrected chi connectivity index (χ1v) is 6.28.